The monoisotopic (exact) mass is 370 g/mol. The number of pyridine rings is 1. The van der Waals surface area contributed by atoms with Crippen molar-refractivity contribution >= 4 is 34.3 Å². The number of aromatic amines is 1. The number of ketones is 1. The van der Waals surface area contributed by atoms with Gasteiger partial charge in [-0.3, -0.25) is 4.79 Å². The number of nitrogens with zero attached hydrogens (tertiary/aromatic N) is 1. The van der Waals surface area contributed by atoms with Gasteiger partial charge in [0.25, 0.3) is 0 Å². The van der Waals surface area contributed by atoms with Crippen LogP contribution in [0.2, 0.25) is 5.15 Å². The van der Waals surface area contributed by atoms with Crippen molar-refractivity contribution in [1.82, 2.24) is 9.97 Å². The van der Waals surface area contributed by atoms with Gasteiger partial charge >= 0.3 is 5.97 Å². The van der Waals surface area contributed by atoms with Gasteiger partial charge in [0.2, 0.25) is 5.78 Å². The van der Waals surface area contributed by atoms with Crippen LogP contribution in [0.15, 0.2) is 30.3 Å². The number of hydrogen-bond acceptors (Lipinski definition) is 4. The third-order valence-corrected chi connectivity index (χ3v) is 4.57. The highest BCUT2D eigenvalue weighted by Gasteiger charge is 2.26. The van der Waals surface area contributed by atoms with E-state index in [1.54, 1.807) is 26.8 Å². The number of esters is 1. The first-order chi connectivity index (χ1) is 12.3. The number of aromatic nitrogens is 2. The quantitative estimate of drug-likeness (QED) is 0.415. The number of H-pyrrole nitrogens is 1. The second kappa shape index (κ2) is 6.92. The van der Waals surface area contributed by atoms with E-state index in [0.29, 0.717) is 16.8 Å². The van der Waals surface area contributed by atoms with Gasteiger partial charge in [-0.25, -0.2) is 9.78 Å². The van der Waals surface area contributed by atoms with Crippen molar-refractivity contribution in [3.63, 3.8) is 0 Å². The van der Waals surface area contributed by atoms with Gasteiger partial charge in [0.1, 0.15) is 5.15 Å². The van der Waals surface area contributed by atoms with Crippen LogP contribution in [0.1, 0.15) is 44.6 Å². The number of nitrogens with one attached hydrogen (secondary N) is 1. The third-order valence-electron chi connectivity index (χ3n) is 4.30. The summed E-state index contributed by atoms with van der Waals surface area (Å²) in [4.78, 5) is 32.7. The summed E-state index contributed by atoms with van der Waals surface area (Å²) >= 11 is 6.09. The summed E-state index contributed by atoms with van der Waals surface area (Å²) in [5, 5.41) is 0.888. The average molecular weight is 371 g/mol. The summed E-state index contributed by atoms with van der Waals surface area (Å²) in [7, 11) is 0. The summed E-state index contributed by atoms with van der Waals surface area (Å²) in [5.74, 6) is -0.916. The Morgan fingerprint density at radius 2 is 1.85 bits per heavy atom. The Hall–Kier alpha value is -2.66. The molecule has 0 aliphatic rings. The minimum atomic E-state index is -0.947. The van der Waals surface area contributed by atoms with Crippen LogP contribution in [-0.2, 0) is 4.74 Å². The standard InChI is InChI=1S/C20H19ClN2O3/c1-10-9-11(2)22-19(21)16(10)20(25)26-13(4)18(24)17-12(3)23-15-8-6-5-7-14(15)17/h5-9,13,23H,1-4H3/t13-/m0/s1. The zero-order chi connectivity index (χ0) is 19.0. The number of benzene rings is 1. The number of ether oxygens (including phenoxy) is 1. The van der Waals surface area contributed by atoms with Crippen LogP contribution in [0.4, 0.5) is 0 Å². The van der Waals surface area contributed by atoms with Crippen molar-refractivity contribution in [2.75, 3.05) is 0 Å². The van der Waals surface area contributed by atoms with Crippen LogP contribution in [0, 0.1) is 20.8 Å². The molecule has 2 aromatic heterocycles. The molecule has 0 amide bonds. The molecule has 2 heterocycles. The van der Waals surface area contributed by atoms with E-state index in [1.807, 2.05) is 31.2 Å². The molecule has 0 fully saturated rings. The van der Waals surface area contributed by atoms with Crippen molar-refractivity contribution in [2.45, 2.75) is 33.8 Å². The molecule has 5 nitrogen and oxygen atoms in total. The highest BCUT2D eigenvalue weighted by atomic mass is 35.5. The van der Waals surface area contributed by atoms with Gasteiger partial charge in [0.15, 0.2) is 6.10 Å². The fourth-order valence-electron chi connectivity index (χ4n) is 3.11. The first-order valence-corrected chi connectivity index (χ1v) is 8.63. The number of para-hydroxylation sites is 1. The number of fused-ring (bicyclic) bond motifs is 1. The SMILES string of the molecule is Cc1cc(C)c(C(=O)O[C@@H](C)C(=O)c2c(C)[nH]c3ccccc23)c(Cl)n1. The van der Waals surface area contributed by atoms with Crippen molar-refractivity contribution < 1.29 is 14.3 Å². The number of carbonyl (C=O) groups is 2. The number of aryl methyl sites for hydroxylation is 3. The highest BCUT2D eigenvalue weighted by Crippen LogP contribution is 2.25. The van der Waals surface area contributed by atoms with Gasteiger partial charge in [-0.15, -0.1) is 0 Å². The van der Waals surface area contributed by atoms with Gasteiger partial charge in [0, 0.05) is 27.9 Å². The van der Waals surface area contributed by atoms with Gasteiger partial charge in [-0.05, 0) is 45.4 Å². The molecule has 6 heteroatoms. The normalized spacial score (nSPS) is 12.2. The van der Waals surface area contributed by atoms with Crippen molar-refractivity contribution in [1.29, 1.82) is 0 Å². The summed E-state index contributed by atoms with van der Waals surface area (Å²) in [5.41, 5.74) is 3.70. The van der Waals surface area contributed by atoms with E-state index in [0.717, 1.165) is 16.6 Å². The summed E-state index contributed by atoms with van der Waals surface area (Å²) in [6, 6.07) is 9.27. The number of halogens is 1. The van der Waals surface area contributed by atoms with Gasteiger partial charge in [-0.1, -0.05) is 29.8 Å². The van der Waals surface area contributed by atoms with Crippen LogP contribution in [-0.4, -0.2) is 27.8 Å². The molecular weight excluding hydrogens is 352 g/mol. The molecule has 3 aromatic rings. The Labute approximate surface area is 156 Å². The van der Waals surface area contributed by atoms with E-state index in [4.69, 9.17) is 16.3 Å². The highest BCUT2D eigenvalue weighted by molar-refractivity contribution is 6.32. The van der Waals surface area contributed by atoms with Gasteiger partial charge < -0.3 is 9.72 Å². The molecule has 1 N–H and O–H groups in total. The maximum Gasteiger partial charge on any atom is 0.342 e. The van der Waals surface area contributed by atoms with Crippen molar-refractivity contribution in [3.05, 3.63) is 63.6 Å². The van der Waals surface area contributed by atoms with E-state index in [-0.39, 0.29) is 16.5 Å². The van der Waals surface area contributed by atoms with Crippen molar-refractivity contribution in [2.24, 2.45) is 0 Å². The minimum absolute atomic E-state index is 0.0791. The molecule has 1 aromatic carbocycles. The zero-order valence-corrected chi connectivity index (χ0v) is 15.8. The second-order valence-electron chi connectivity index (χ2n) is 6.33. The molecule has 0 spiro atoms. The zero-order valence-electron chi connectivity index (χ0n) is 15.0. The Bertz CT molecular complexity index is 1000. The Kier molecular flexibility index (Phi) is 4.83. The molecule has 0 saturated carbocycles. The molecular formula is C20H19ClN2O3. The molecule has 1 atom stereocenters. The fraction of sp³-hybridized carbons (Fsp3) is 0.250. The number of rotatable bonds is 4. The number of Topliss-reactive ketones (excluding diaryl/α,β-unsaturated/α-hetero) is 1. The Balaban J connectivity index is 1.88. The molecule has 0 saturated heterocycles. The first-order valence-electron chi connectivity index (χ1n) is 8.25. The molecule has 0 bridgehead atoms. The van der Waals surface area contributed by atoms with Gasteiger partial charge in [-0.2, -0.15) is 0 Å². The van der Waals surface area contributed by atoms with Crippen LogP contribution < -0.4 is 0 Å². The molecule has 26 heavy (non-hydrogen) atoms. The van der Waals surface area contributed by atoms with Crippen LogP contribution in [0.25, 0.3) is 10.9 Å². The van der Waals surface area contributed by atoms with E-state index in [1.165, 1.54) is 0 Å². The molecule has 0 aliphatic heterocycles. The number of hydrogen-bond donors (Lipinski definition) is 1. The first kappa shape index (κ1) is 18.1. The summed E-state index contributed by atoms with van der Waals surface area (Å²) in [6.45, 7) is 6.94. The van der Waals surface area contributed by atoms with E-state index < -0.39 is 12.1 Å². The van der Waals surface area contributed by atoms with Gasteiger partial charge in [0.05, 0.1) is 5.56 Å². The maximum absolute atomic E-state index is 12.9. The molecule has 0 radical (unpaired) electrons. The fourth-order valence-corrected chi connectivity index (χ4v) is 3.47. The molecule has 0 unspecified atom stereocenters. The predicted octanol–water partition coefficient (Wildman–Crippen LogP) is 4.57. The van der Waals surface area contributed by atoms with E-state index in [9.17, 15) is 9.59 Å². The lowest BCUT2D eigenvalue weighted by atomic mass is 10.0. The number of carbonyl (C=O) groups excluding carboxylic acids is 2. The summed E-state index contributed by atoms with van der Waals surface area (Å²) < 4.78 is 5.40. The Morgan fingerprint density at radius 1 is 1.15 bits per heavy atom. The molecule has 0 aliphatic carbocycles. The van der Waals surface area contributed by atoms with E-state index in [2.05, 4.69) is 9.97 Å². The lowest BCUT2D eigenvalue weighted by Gasteiger charge is -2.14. The van der Waals surface area contributed by atoms with Crippen LogP contribution in [0.3, 0.4) is 0 Å². The average Bonchev–Trinajstić information content (AvgIpc) is 2.88. The topological polar surface area (TPSA) is 72.1 Å². The maximum atomic E-state index is 12.9. The van der Waals surface area contributed by atoms with Crippen molar-refractivity contribution in [3.8, 4) is 0 Å². The predicted molar refractivity (Wildman–Crippen MR) is 101 cm³/mol. The lowest BCUT2D eigenvalue weighted by Crippen LogP contribution is -2.25. The lowest BCUT2D eigenvalue weighted by molar-refractivity contribution is 0.0318. The van der Waals surface area contributed by atoms with Crippen LogP contribution in [0.5, 0.6) is 0 Å². The summed E-state index contributed by atoms with van der Waals surface area (Å²) in [6.07, 6.45) is -0.947. The third kappa shape index (κ3) is 3.22. The Morgan fingerprint density at radius 3 is 2.54 bits per heavy atom. The second-order valence-corrected chi connectivity index (χ2v) is 6.69. The van der Waals surface area contributed by atoms with Crippen LogP contribution >= 0.6 is 11.6 Å². The molecule has 3 rings (SSSR count). The minimum Gasteiger partial charge on any atom is -0.451 e. The van der Waals surface area contributed by atoms with E-state index >= 15 is 0 Å². The molecule has 134 valence electrons. The largest absolute Gasteiger partial charge is 0.451 e. The smallest absolute Gasteiger partial charge is 0.342 e.